The lowest BCUT2D eigenvalue weighted by atomic mass is 9.98. The van der Waals surface area contributed by atoms with Gasteiger partial charge >= 0.3 is 0 Å². The van der Waals surface area contributed by atoms with Gasteiger partial charge in [0.2, 0.25) is 5.95 Å². The first-order valence-corrected chi connectivity index (χ1v) is 8.20. The van der Waals surface area contributed by atoms with E-state index in [0.29, 0.717) is 6.04 Å². The Morgan fingerprint density at radius 2 is 1.95 bits per heavy atom. The van der Waals surface area contributed by atoms with Gasteiger partial charge in [-0.25, -0.2) is 4.98 Å². The number of imidazole rings is 1. The number of hydrogen-bond acceptors (Lipinski definition) is 3. The highest BCUT2D eigenvalue weighted by atomic mass is 15.3. The Hall–Kier alpha value is -1.55. The molecule has 4 nitrogen and oxygen atoms in total. The molecule has 2 aliphatic heterocycles. The Bertz CT molecular complexity index is 635. The monoisotopic (exact) mass is 284 g/mol. The van der Waals surface area contributed by atoms with Crippen LogP contribution in [0.4, 0.5) is 5.95 Å². The normalized spacial score (nSPS) is 28.2. The van der Waals surface area contributed by atoms with Crippen molar-refractivity contribution in [3.8, 4) is 0 Å². The average molecular weight is 284 g/mol. The van der Waals surface area contributed by atoms with E-state index in [4.69, 9.17) is 4.98 Å². The van der Waals surface area contributed by atoms with Crippen molar-refractivity contribution < 1.29 is 0 Å². The molecule has 0 saturated carbocycles. The molecule has 2 aliphatic rings. The standard InChI is InChI=1S/C17H24N4/c1-3-21(14-10-12-8-9-13(11-14)18-12)17-19-15-6-4-5-7-16(15)20(17)2/h4-7,12-14,18H,3,8-11H2,1-2H3. The minimum atomic E-state index is 0.629. The Kier molecular flexibility index (Phi) is 3.14. The third kappa shape index (κ3) is 2.13. The van der Waals surface area contributed by atoms with Gasteiger partial charge in [-0.2, -0.15) is 0 Å². The molecule has 1 aromatic heterocycles. The van der Waals surface area contributed by atoms with E-state index in [1.807, 2.05) is 0 Å². The number of benzene rings is 1. The predicted molar refractivity (Wildman–Crippen MR) is 86.7 cm³/mol. The third-order valence-electron chi connectivity index (χ3n) is 5.25. The summed E-state index contributed by atoms with van der Waals surface area (Å²) in [7, 11) is 2.14. The molecule has 1 aromatic carbocycles. The lowest BCUT2D eigenvalue weighted by molar-refractivity contribution is 0.346. The number of fused-ring (bicyclic) bond motifs is 3. The molecule has 4 rings (SSSR count). The zero-order chi connectivity index (χ0) is 14.4. The summed E-state index contributed by atoms with van der Waals surface area (Å²) in [6.45, 7) is 3.28. The number of aromatic nitrogens is 2. The molecule has 1 N–H and O–H groups in total. The third-order valence-corrected chi connectivity index (χ3v) is 5.25. The molecule has 112 valence electrons. The molecule has 3 heterocycles. The van der Waals surface area contributed by atoms with Crippen LogP contribution in [-0.2, 0) is 7.05 Å². The molecule has 2 fully saturated rings. The maximum atomic E-state index is 4.90. The summed E-state index contributed by atoms with van der Waals surface area (Å²) in [5, 5.41) is 3.74. The van der Waals surface area contributed by atoms with Gasteiger partial charge in [-0.05, 0) is 44.7 Å². The molecule has 2 atom stereocenters. The molecule has 0 aliphatic carbocycles. The van der Waals surface area contributed by atoms with Crippen molar-refractivity contribution in [2.24, 2.45) is 7.05 Å². The molecule has 2 aromatic rings. The van der Waals surface area contributed by atoms with Crippen molar-refractivity contribution in [2.75, 3.05) is 11.4 Å². The van der Waals surface area contributed by atoms with Gasteiger partial charge in [0.1, 0.15) is 0 Å². The molecule has 0 amide bonds. The molecule has 0 spiro atoms. The fourth-order valence-electron chi connectivity index (χ4n) is 4.23. The minimum Gasteiger partial charge on any atom is -0.339 e. The molecule has 0 radical (unpaired) electrons. The Balaban J connectivity index is 1.69. The average Bonchev–Trinajstić information content (AvgIpc) is 3.01. The van der Waals surface area contributed by atoms with Crippen LogP contribution in [0.3, 0.4) is 0 Å². The Morgan fingerprint density at radius 1 is 1.24 bits per heavy atom. The maximum Gasteiger partial charge on any atom is 0.206 e. The molecular weight excluding hydrogens is 260 g/mol. The van der Waals surface area contributed by atoms with Gasteiger partial charge in [-0.3, -0.25) is 0 Å². The fourth-order valence-corrected chi connectivity index (χ4v) is 4.23. The van der Waals surface area contributed by atoms with Gasteiger partial charge in [-0.15, -0.1) is 0 Å². The van der Waals surface area contributed by atoms with Crippen molar-refractivity contribution in [1.82, 2.24) is 14.9 Å². The van der Waals surface area contributed by atoms with Gasteiger partial charge < -0.3 is 14.8 Å². The first-order chi connectivity index (χ1) is 10.3. The highest BCUT2D eigenvalue weighted by molar-refractivity contribution is 5.78. The molecule has 2 bridgehead atoms. The van der Waals surface area contributed by atoms with E-state index in [9.17, 15) is 0 Å². The van der Waals surface area contributed by atoms with E-state index in [-0.39, 0.29) is 0 Å². The maximum absolute atomic E-state index is 4.90. The van der Waals surface area contributed by atoms with Crippen molar-refractivity contribution in [3.63, 3.8) is 0 Å². The first-order valence-electron chi connectivity index (χ1n) is 8.20. The van der Waals surface area contributed by atoms with Crippen molar-refractivity contribution in [3.05, 3.63) is 24.3 Å². The summed E-state index contributed by atoms with van der Waals surface area (Å²) in [4.78, 5) is 7.42. The lowest BCUT2D eigenvalue weighted by Crippen LogP contribution is -2.49. The largest absolute Gasteiger partial charge is 0.339 e. The number of nitrogens with zero attached hydrogens (tertiary/aromatic N) is 3. The smallest absolute Gasteiger partial charge is 0.206 e. The number of piperidine rings is 1. The van der Waals surface area contributed by atoms with Gasteiger partial charge in [0.25, 0.3) is 0 Å². The lowest BCUT2D eigenvalue weighted by Gasteiger charge is -2.37. The van der Waals surface area contributed by atoms with E-state index < -0.39 is 0 Å². The van der Waals surface area contributed by atoms with Crippen LogP contribution in [0.2, 0.25) is 0 Å². The second kappa shape index (κ2) is 5.02. The summed E-state index contributed by atoms with van der Waals surface area (Å²) < 4.78 is 2.25. The van der Waals surface area contributed by atoms with Crippen LogP contribution in [0, 0.1) is 0 Å². The summed E-state index contributed by atoms with van der Waals surface area (Å²) in [6.07, 6.45) is 5.21. The van der Waals surface area contributed by atoms with Gasteiger partial charge in [0.15, 0.2) is 0 Å². The number of hydrogen-bond donors (Lipinski definition) is 1. The first kappa shape index (κ1) is 13.1. The van der Waals surface area contributed by atoms with Crippen molar-refractivity contribution in [1.29, 1.82) is 0 Å². The highest BCUT2D eigenvalue weighted by Gasteiger charge is 2.36. The van der Waals surface area contributed by atoms with E-state index in [1.54, 1.807) is 0 Å². The predicted octanol–water partition coefficient (Wildman–Crippen LogP) is 2.68. The zero-order valence-electron chi connectivity index (χ0n) is 12.9. The molecule has 21 heavy (non-hydrogen) atoms. The highest BCUT2D eigenvalue weighted by Crippen LogP contribution is 2.32. The van der Waals surface area contributed by atoms with E-state index in [0.717, 1.165) is 30.1 Å². The summed E-state index contributed by atoms with van der Waals surface area (Å²) >= 11 is 0. The van der Waals surface area contributed by atoms with Crippen molar-refractivity contribution in [2.45, 2.75) is 50.7 Å². The molecule has 2 unspecified atom stereocenters. The van der Waals surface area contributed by atoms with Crippen LogP contribution in [0.25, 0.3) is 11.0 Å². The van der Waals surface area contributed by atoms with E-state index >= 15 is 0 Å². The Morgan fingerprint density at radius 3 is 2.62 bits per heavy atom. The minimum absolute atomic E-state index is 0.629. The van der Waals surface area contributed by atoms with Crippen LogP contribution < -0.4 is 10.2 Å². The van der Waals surface area contributed by atoms with Crippen LogP contribution in [0.5, 0.6) is 0 Å². The number of anilines is 1. The number of rotatable bonds is 3. The molecule has 4 heteroatoms. The fraction of sp³-hybridized carbons (Fsp3) is 0.588. The van der Waals surface area contributed by atoms with Crippen LogP contribution in [0.1, 0.15) is 32.6 Å². The van der Waals surface area contributed by atoms with Crippen LogP contribution >= 0.6 is 0 Å². The van der Waals surface area contributed by atoms with Crippen molar-refractivity contribution >= 4 is 17.0 Å². The van der Waals surface area contributed by atoms with Crippen LogP contribution in [0.15, 0.2) is 24.3 Å². The second-order valence-electron chi connectivity index (χ2n) is 6.51. The quantitative estimate of drug-likeness (QED) is 0.940. The molecule has 2 saturated heterocycles. The van der Waals surface area contributed by atoms with E-state index in [2.05, 4.69) is 53.0 Å². The second-order valence-corrected chi connectivity index (χ2v) is 6.51. The van der Waals surface area contributed by atoms with Crippen LogP contribution in [-0.4, -0.2) is 34.2 Å². The summed E-state index contributed by atoms with van der Waals surface area (Å²) in [5.41, 5.74) is 2.33. The van der Waals surface area contributed by atoms with Gasteiger partial charge in [0, 0.05) is 31.7 Å². The topological polar surface area (TPSA) is 33.1 Å². The van der Waals surface area contributed by atoms with Gasteiger partial charge in [-0.1, -0.05) is 12.1 Å². The number of aryl methyl sites for hydroxylation is 1. The van der Waals surface area contributed by atoms with Gasteiger partial charge in [0.05, 0.1) is 11.0 Å². The molecular formula is C17H24N4. The number of nitrogens with one attached hydrogen (secondary N) is 1. The number of para-hydroxylation sites is 2. The summed E-state index contributed by atoms with van der Waals surface area (Å²) in [6, 6.07) is 10.5. The SMILES string of the molecule is CCN(c1nc2ccccc2n1C)C1CC2CCC(C1)N2. The van der Waals surface area contributed by atoms with E-state index in [1.165, 1.54) is 31.2 Å². The zero-order valence-corrected chi connectivity index (χ0v) is 12.9. The summed E-state index contributed by atoms with van der Waals surface area (Å²) in [5.74, 6) is 1.13. The Labute approximate surface area is 126 Å².